The third-order valence-corrected chi connectivity index (χ3v) is 4.29. The van der Waals surface area contributed by atoms with Crippen molar-refractivity contribution in [3.05, 3.63) is 35.5 Å². The minimum absolute atomic E-state index is 0.131. The molecule has 1 aliphatic rings. The fraction of sp³-hybridized carbons (Fsp3) is 0.375. The number of carbonyl (C=O) groups is 2. The molecule has 0 saturated carbocycles. The third kappa shape index (κ3) is 2.28. The molecule has 0 bridgehead atoms. The number of fused-ring (bicyclic) bond motifs is 1. The van der Waals surface area contributed by atoms with Gasteiger partial charge in [0.2, 0.25) is 0 Å². The zero-order chi connectivity index (χ0) is 15.2. The number of aryl methyl sites for hydroxylation is 1. The Morgan fingerprint density at radius 3 is 2.76 bits per heavy atom. The monoisotopic (exact) mass is 286 g/mol. The summed E-state index contributed by atoms with van der Waals surface area (Å²) in [7, 11) is 0. The van der Waals surface area contributed by atoms with Crippen LogP contribution in [-0.2, 0) is 4.79 Å². The van der Waals surface area contributed by atoms with Crippen LogP contribution < -0.4 is 0 Å². The molecule has 1 fully saturated rings. The number of nitrogens with zero attached hydrogens (tertiary/aromatic N) is 1. The number of amides is 1. The molecule has 5 heteroatoms. The quantitative estimate of drug-likeness (QED) is 0.890. The first kappa shape index (κ1) is 13.7. The van der Waals surface area contributed by atoms with Gasteiger partial charge in [-0.2, -0.15) is 0 Å². The van der Waals surface area contributed by atoms with Gasteiger partial charge in [-0.25, -0.2) is 0 Å². The highest BCUT2D eigenvalue weighted by atomic mass is 16.4. The number of rotatable bonds is 2. The van der Waals surface area contributed by atoms with E-state index < -0.39 is 11.4 Å². The van der Waals surface area contributed by atoms with E-state index >= 15 is 0 Å². The highest BCUT2D eigenvalue weighted by Crippen LogP contribution is 2.31. The second-order valence-electron chi connectivity index (χ2n) is 6.12. The van der Waals surface area contributed by atoms with E-state index in [0.29, 0.717) is 18.7 Å². The van der Waals surface area contributed by atoms with Gasteiger partial charge in [-0.05, 0) is 38.0 Å². The number of hydrogen-bond acceptors (Lipinski definition) is 2. The summed E-state index contributed by atoms with van der Waals surface area (Å²) in [6.45, 7) is 4.43. The number of hydrogen-bond donors (Lipinski definition) is 2. The topological polar surface area (TPSA) is 73.4 Å². The highest BCUT2D eigenvalue weighted by molar-refractivity contribution is 5.98. The van der Waals surface area contributed by atoms with Crippen LogP contribution in [0.15, 0.2) is 24.3 Å². The molecule has 2 heterocycles. The summed E-state index contributed by atoms with van der Waals surface area (Å²) in [5, 5.41) is 10.2. The molecular weight excluding hydrogens is 268 g/mol. The van der Waals surface area contributed by atoms with Crippen LogP contribution in [0.25, 0.3) is 10.9 Å². The van der Waals surface area contributed by atoms with Crippen molar-refractivity contribution in [3.63, 3.8) is 0 Å². The van der Waals surface area contributed by atoms with Crippen molar-refractivity contribution in [1.82, 2.24) is 9.88 Å². The largest absolute Gasteiger partial charge is 0.481 e. The second-order valence-corrected chi connectivity index (χ2v) is 6.12. The molecule has 3 rings (SSSR count). The lowest BCUT2D eigenvalue weighted by Crippen LogP contribution is -2.35. The van der Waals surface area contributed by atoms with Crippen molar-refractivity contribution >= 4 is 22.8 Å². The molecule has 2 aromatic rings. The Kier molecular flexibility index (Phi) is 3.01. The molecule has 1 saturated heterocycles. The minimum Gasteiger partial charge on any atom is -0.481 e. The normalized spacial score (nSPS) is 21.9. The molecule has 5 nitrogen and oxygen atoms in total. The molecule has 1 aromatic carbocycles. The maximum absolute atomic E-state index is 12.5. The Morgan fingerprint density at radius 2 is 2.10 bits per heavy atom. The lowest BCUT2D eigenvalue weighted by molar-refractivity contribution is -0.147. The maximum atomic E-state index is 12.5. The van der Waals surface area contributed by atoms with Crippen LogP contribution >= 0.6 is 0 Å². The first-order chi connectivity index (χ1) is 9.89. The van der Waals surface area contributed by atoms with Crippen molar-refractivity contribution in [1.29, 1.82) is 0 Å². The number of nitrogens with one attached hydrogen (secondary N) is 1. The summed E-state index contributed by atoms with van der Waals surface area (Å²) in [4.78, 5) is 28.5. The predicted octanol–water partition coefficient (Wildman–Crippen LogP) is 2.41. The summed E-state index contributed by atoms with van der Waals surface area (Å²) >= 11 is 0. The van der Waals surface area contributed by atoms with Gasteiger partial charge in [0.05, 0.1) is 5.41 Å². The third-order valence-electron chi connectivity index (χ3n) is 4.29. The van der Waals surface area contributed by atoms with E-state index in [1.807, 2.05) is 31.2 Å². The molecule has 0 aliphatic carbocycles. The van der Waals surface area contributed by atoms with Crippen LogP contribution in [0.5, 0.6) is 0 Å². The van der Waals surface area contributed by atoms with Gasteiger partial charge in [-0.1, -0.05) is 12.1 Å². The number of carbonyl (C=O) groups excluding carboxylic acids is 1. The van der Waals surface area contributed by atoms with Crippen molar-refractivity contribution in [2.75, 3.05) is 13.1 Å². The van der Waals surface area contributed by atoms with Crippen molar-refractivity contribution < 1.29 is 14.7 Å². The molecule has 2 N–H and O–H groups in total. The van der Waals surface area contributed by atoms with Gasteiger partial charge in [0.15, 0.2) is 0 Å². The molecule has 110 valence electrons. The lowest BCUT2D eigenvalue weighted by atomic mass is 9.90. The number of H-pyrrole nitrogens is 1. The number of aromatic amines is 1. The first-order valence-corrected chi connectivity index (χ1v) is 7.01. The number of benzene rings is 1. The van der Waals surface area contributed by atoms with Crippen molar-refractivity contribution in [3.8, 4) is 0 Å². The van der Waals surface area contributed by atoms with Crippen LogP contribution in [0.1, 0.15) is 29.4 Å². The van der Waals surface area contributed by atoms with E-state index in [-0.39, 0.29) is 12.5 Å². The molecule has 21 heavy (non-hydrogen) atoms. The smallest absolute Gasteiger partial charge is 0.311 e. The van der Waals surface area contributed by atoms with E-state index in [0.717, 1.165) is 16.5 Å². The van der Waals surface area contributed by atoms with Crippen LogP contribution in [0, 0.1) is 12.3 Å². The lowest BCUT2D eigenvalue weighted by Gasteiger charge is -2.19. The van der Waals surface area contributed by atoms with Crippen LogP contribution in [0.2, 0.25) is 0 Å². The molecule has 0 spiro atoms. The molecule has 1 amide bonds. The van der Waals surface area contributed by atoms with Crippen LogP contribution in [0.4, 0.5) is 0 Å². The molecule has 0 radical (unpaired) electrons. The van der Waals surface area contributed by atoms with E-state index in [1.54, 1.807) is 11.8 Å². The zero-order valence-corrected chi connectivity index (χ0v) is 12.1. The SMILES string of the molecule is Cc1ccc2cc(C(=O)N3CCC(C)(C(=O)O)C3)[nH]c2c1. The van der Waals surface area contributed by atoms with Crippen LogP contribution in [0.3, 0.4) is 0 Å². The summed E-state index contributed by atoms with van der Waals surface area (Å²) < 4.78 is 0. The number of carboxylic acids is 1. The standard InChI is InChI=1S/C16H18N2O3/c1-10-3-4-11-8-13(17-12(11)7-10)14(19)18-6-5-16(2,9-18)15(20)21/h3-4,7-8,17H,5-6,9H2,1-2H3,(H,20,21). The number of carboxylic acid groups (broad SMARTS) is 1. The Hall–Kier alpha value is -2.30. The van der Waals surface area contributed by atoms with Crippen LogP contribution in [-0.4, -0.2) is 40.0 Å². The maximum Gasteiger partial charge on any atom is 0.311 e. The van der Waals surface area contributed by atoms with E-state index in [4.69, 9.17) is 0 Å². The second kappa shape index (κ2) is 4.62. The fourth-order valence-electron chi connectivity index (χ4n) is 2.84. The molecular formula is C16H18N2O3. The van der Waals surface area contributed by atoms with E-state index in [1.165, 1.54) is 0 Å². The Balaban J connectivity index is 1.86. The van der Waals surface area contributed by atoms with E-state index in [2.05, 4.69) is 4.98 Å². The average molecular weight is 286 g/mol. The number of aliphatic carboxylic acids is 1. The predicted molar refractivity (Wildman–Crippen MR) is 79.3 cm³/mol. The van der Waals surface area contributed by atoms with Gasteiger partial charge in [0, 0.05) is 24.0 Å². The molecule has 1 atom stereocenters. The van der Waals surface area contributed by atoms with Gasteiger partial charge < -0.3 is 15.0 Å². The number of likely N-dealkylation sites (tertiary alicyclic amines) is 1. The zero-order valence-electron chi connectivity index (χ0n) is 12.1. The Labute approximate surface area is 122 Å². The first-order valence-electron chi connectivity index (χ1n) is 7.01. The minimum atomic E-state index is -0.843. The highest BCUT2D eigenvalue weighted by Gasteiger charge is 2.42. The Morgan fingerprint density at radius 1 is 1.33 bits per heavy atom. The van der Waals surface area contributed by atoms with Gasteiger partial charge in [0.25, 0.3) is 5.91 Å². The van der Waals surface area contributed by atoms with E-state index in [9.17, 15) is 14.7 Å². The molecule has 1 unspecified atom stereocenters. The van der Waals surface area contributed by atoms with Gasteiger partial charge in [0.1, 0.15) is 5.69 Å². The van der Waals surface area contributed by atoms with Gasteiger partial charge in [-0.15, -0.1) is 0 Å². The van der Waals surface area contributed by atoms with Crippen molar-refractivity contribution in [2.24, 2.45) is 5.41 Å². The molecule has 1 aliphatic heterocycles. The Bertz CT molecular complexity index is 734. The van der Waals surface area contributed by atoms with Gasteiger partial charge in [-0.3, -0.25) is 9.59 Å². The average Bonchev–Trinajstić information content (AvgIpc) is 3.02. The number of aromatic nitrogens is 1. The van der Waals surface area contributed by atoms with Gasteiger partial charge >= 0.3 is 5.97 Å². The summed E-state index contributed by atoms with van der Waals surface area (Å²) in [6, 6.07) is 7.80. The summed E-state index contributed by atoms with van der Waals surface area (Å²) in [5.74, 6) is -0.973. The fourth-order valence-corrected chi connectivity index (χ4v) is 2.84. The van der Waals surface area contributed by atoms with Crippen molar-refractivity contribution in [2.45, 2.75) is 20.3 Å². The summed E-state index contributed by atoms with van der Waals surface area (Å²) in [5.41, 5.74) is 1.74. The summed E-state index contributed by atoms with van der Waals surface area (Å²) in [6.07, 6.45) is 0.493. The molecule has 1 aromatic heterocycles.